The van der Waals surface area contributed by atoms with Crippen molar-refractivity contribution in [2.24, 2.45) is 5.14 Å². The van der Waals surface area contributed by atoms with E-state index in [0.717, 1.165) is 7.11 Å². The summed E-state index contributed by atoms with van der Waals surface area (Å²) in [7, 11) is -4.19. The van der Waals surface area contributed by atoms with Gasteiger partial charge in [0.15, 0.2) is 11.5 Å². The van der Waals surface area contributed by atoms with E-state index in [2.05, 4.69) is 0 Å². The van der Waals surface area contributed by atoms with Crippen LogP contribution in [0.1, 0.15) is 42.6 Å². The van der Waals surface area contributed by atoms with Crippen molar-refractivity contribution in [2.75, 3.05) is 26.8 Å². The minimum atomic E-state index is -5.03. The van der Waals surface area contributed by atoms with Crippen molar-refractivity contribution in [3.63, 3.8) is 0 Å². The molecule has 0 aromatic heterocycles. The summed E-state index contributed by atoms with van der Waals surface area (Å²) in [6, 6.07) is -11.8. The van der Waals surface area contributed by atoms with E-state index in [9.17, 15) is 8.42 Å². The maximum Gasteiger partial charge on any atom is 0.241 e. The second kappa shape index (κ2) is 10.3. The first-order valence-electron chi connectivity index (χ1n) is 16.0. The van der Waals surface area contributed by atoms with Gasteiger partial charge >= 0.3 is 0 Å². The van der Waals surface area contributed by atoms with E-state index in [-0.39, 0.29) is 6.61 Å². The molecule has 0 unspecified atom stereocenters. The van der Waals surface area contributed by atoms with E-state index < -0.39 is 112 Å². The Balaban J connectivity index is 2.87. The standard InChI is InChI=1S/C20H28N2O5S/c1-4-26-17-7-5-6-8-18(17)27-12-11-22-15(2)13-16-9-10-19(25-3)20(14-16)28(21,23)24/h5-10,14-15,22H,4,11-13H2,1-3H3,(H2,21,23,24)/t15-/m1/s1/i2D3,5D,6D,7D,8D,9D,10D,11D2,12D2,13D2,14D,15D. The topological polar surface area (TPSA) is 99.9 Å². The third-order valence-electron chi connectivity index (χ3n) is 2.79. The van der Waals surface area contributed by atoms with E-state index in [1.54, 1.807) is 0 Å². The lowest BCUT2D eigenvalue weighted by Gasteiger charge is -2.16. The average molecular weight is 426 g/mol. The Bertz CT molecular complexity index is 1600. The molecule has 3 N–H and O–H groups in total. The summed E-state index contributed by atoms with van der Waals surface area (Å²) in [4.78, 5) is -1.35. The molecule has 154 valence electrons. The van der Waals surface area contributed by atoms with Crippen LogP contribution >= 0.6 is 0 Å². The Morgan fingerprint density at radius 2 is 1.96 bits per heavy atom. The van der Waals surface area contributed by atoms with E-state index in [4.69, 9.17) is 42.7 Å². The number of methoxy groups -OCH3 is 1. The molecular weight excluding hydrogens is 380 g/mol. The predicted octanol–water partition coefficient (Wildman–Crippen LogP) is 2.34. The fourth-order valence-electron chi connectivity index (χ4n) is 1.71. The Labute approximate surface area is 190 Å². The zero-order chi connectivity index (χ0) is 35.5. The summed E-state index contributed by atoms with van der Waals surface area (Å²) in [5.41, 5.74) is -1.52. The maximum absolute atomic E-state index is 12.3. The number of sulfonamides is 1. The molecule has 2 rings (SSSR count). The molecule has 0 spiro atoms. The van der Waals surface area contributed by atoms with Crippen LogP contribution in [0.25, 0.3) is 0 Å². The van der Waals surface area contributed by atoms with Gasteiger partial charge in [0.25, 0.3) is 0 Å². The van der Waals surface area contributed by atoms with Gasteiger partial charge in [-0.3, -0.25) is 0 Å². The smallest absolute Gasteiger partial charge is 0.241 e. The van der Waals surface area contributed by atoms with Crippen molar-refractivity contribution in [1.82, 2.24) is 5.32 Å². The molecule has 0 bridgehead atoms. The second-order valence-corrected chi connectivity index (χ2v) is 6.20. The van der Waals surface area contributed by atoms with Crippen LogP contribution in [0.4, 0.5) is 0 Å². The Morgan fingerprint density at radius 1 is 1.25 bits per heavy atom. The van der Waals surface area contributed by atoms with Gasteiger partial charge in [-0.15, -0.1) is 0 Å². The highest BCUT2D eigenvalue weighted by atomic mass is 32.2. The lowest BCUT2D eigenvalue weighted by molar-refractivity contribution is 0.272. The van der Waals surface area contributed by atoms with Crippen LogP contribution < -0.4 is 24.7 Å². The minimum Gasteiger partial charge on any atom is -0.495 e. The monoisotopic (exact) mass is 425 g/mol. The van der Waals surface area contributed by atoms with E-state index in [1.807, 2.05) is 0 Å². The van der Waals surface area contributed by atoms with E-state index in [0.29, 0.717) is 0 Å². The summed E-state index contributed by atoms with van der Waals surface area (Å²) in [5.74, 6) is -2.78. The first-order chi connectivity index (χ1) is 20.1. The molecule has 0 aliphatic rings. The maximum atomic E-state index is 12.3. The lowest BCUT2D eigenvalue weighted by atomic mass is 10.1. The number of hydrogen-bond donors (Lipinski definition) is 2. The number of rotatable bonds is 11. The van der Waals surface area contributed by atoms with Crippen molar-refractivity contribution >= 4 is 10.0 Å². The van der Waals surface area contributed by atoms with Gasteiger partial charge < -0.3 is 19.5 Å². The van der Waals surface area contributed by atoms with Crippen LogP contribution in [0.15, 0.2) is 47.2 Å². The SMILES string of the molecule is [2H]c1c([2H])c([2H])c(OC([2H])([2H])C([2H])([2H])N[C@]([2H])(C([2H])([2H])[2H])C([2H])([2H])c2c([2H])c([2H])c(OC)c(S(N)(=O)=O)c2[2H])c(OCC)c1[2H]. The summed E-state index contributed by atoms with van der Waals surface area (Å²) in [5, 5.41) is 6.48. The summed E-state index contributed by atoms with van der Waals surface area (Å²) >= 11 is 0. The van der Waals surface area contributed by atoms with E-state index >= 15 is 0 Å². The molecule has 2 aromatic carbocycles. The molecule has 0 heterocycles. The third-order valence-corrected chi connectivity index (χ3v) is 3.64. The third kappa shape index (κ3) is 6.40. The zero-order valence-corrected chi connectivity index (χ0v) is 15.6. The largest absolute Gasteiger partial charge is 0.495 e. The van der Waals surface area contributed by atoms with Crippen molar-refractivity contribution in [2.45, 2.75) is 31.1 Å². The zero-order valence-electron chi connectivity index (χ0n) is 31.7. The first kappa shape index (κ1) is 8.22. The van der Waals surface area contributed by atoms with Crippen LogP contribution in [0.2, 0.25) is 0 Å². The number of nitrogens with one attached hydrogen (secondary N) is 1. The van der Waals surface area contributed by atoms with Gasteiger partial charge in [0.2, 0.25) is 10.0 Å². The highest BCUT2D eigenvalue weighted by Gasteiger charge is 2.16. The minimum absolute atomic E-state index is 0.229. The van der Waals surface area contributed by atoms with Crippen LogP contribution in [0, 0.1) is 0 Å². The molecule has 0 saturated carbocycles. The summed E-state index contributed by atoms with van der Waals surface area (Å²) in [6.07, 6.45) is -4.02. The number of benzene rings is 2. The number of nitrogens with two attached hydrogens (primary N) is 1. The molecule has 0 radical (unpaired) electrons. The highest BCUT2D eigenvalue weighted by molar-refractivity contribution is 7.89. The molecule has 1 atom stereocenters. The van der Waals surface area contributed by atoms with Crippen LogP contribution in [0.5, 0.6) is 17.2 Å². The Hall–Kier alpha value is -2.29. The van der Waals surface area contributed by atoms with Crippen LogP contribution in [0.3, 0.4) is 0 Å². The van der Waals surface area contributed by atoms with Crippen molar-refractivity contribution in [3.8, 4) is 17.2 Å². The Morgan fingerprint density at radius 3 is 2.57 bits per heavy atom. The fraction of sp³-hybridized carbons (Fsp3) is 0.400. The molecule has 0 fully saturated rings. The van der Waals surface area contributed by atoms with Gasteiger partial charge in [0, 0.05) is 23.5 Å². The average Bonchev–Trinajstić information content (AvgIpc) is 2.88. The normalized spacial score (nSPS) is 24.3. The summed E-state index contributed by atoms with van der Waals surface area (Å²) in [6.45, 7) is -10.7. The van der Waals surface area contributed by atoms with E-state index in [1.165, 1.54) is 12.2 Å². The number of primary sulfonamides is 1. The van der Waals surface area contributed by atoms with Gasteiger partial charge in [0.1, 0.15) is 17.2 Å². The number of ether oxygens (including phenoxy) is 3. The molecular formula is C20H28N2O5S. The van der Waals surface area contributed by atoms with Gasteiger partial charge in [-0.05, 0) is 49.9 Å². The van der Waals surface area contributed by atoms with Crippen LogP contribution in [-0.4, -0.2) is 41.2 Å². The fourth-order valence-corrected chi connectivity index (χ4v) is 2.35. The van der Waals surface area contributed by atoms with Gasteiger partial charge in [0.05, 0.1) is 26.1 Å². The molecule has 0 aliphatic carbocycles. The second-order valence-electron chi connectivity index (χ2n) is 4.70. The summed E-state index contributed by atoms with van der Waals surface area (Å²) < 4.78 is 179. The van der Waals surface area contributed by atoms with Crippen molar-refractivity contribution in [1.29, 1.82) is 0 Å². The molecule has 2 aromatic rings. The molecule has 0 aliphatic heterocycles. The predicted molar refractivity (Wildman–Crippen MR) is 109 cm³/mol. The number of hydrogen-bond acceptors (Lipinski definition) is 6. The van der Waals surface area contributed by atoms with Crippen molar-refractivity contribution in [3.05, 3.63) is 47.9 Å². The molecule has 0 amide bonds. The highest BCUT2D eigenvalue weighted by Crippen LogP contribution is 2.26. The lowest BCUT2D eigenvalue weighted by Crippen LogP contribution is -2.32. The molecule has 8 heteroatoms. The van der Waals surface area contributed by atoms with Gasteiger partial charge in [-0.1, -0.05) is 18.1 Å². The van der Waals surface area contributed by atoms with Gasteiger partial charge in [-0.25, -0.2) is 13.6 Å². The Kier molecular flexibility index (Phi) is 3.02. The molecule has 0 saturated heterocycles. The molecule has 28 heavy (non-hydrogen) atoms. The van der Waals surface area contributed by atoms with Gasteiger partial charge in [-0.2, -0.15) is 0 Å². The molecule has 7 nitrogen and oxygen atoms in total. The van der Waals surface area contributed by atoms with Crippen LogP contribution in [-0.2, 0) is 16.4 Å². The van der Waals surface area contributed by atoms with Crippen molar-refractivity contribution < 1.29 is 45.9 Å². The quantitative estimate of drug-likeness (QED) is 0.573. The first-order valence-corrected chi connectivity index (χ1v) is 9.04. The number of para-hydroxylation sites is 2.